The van der Waals surface area contributed by atoms with E-state index in [9.17, 15) is 9.18 Å². The molecule has 1 N–H and O–H groups in total. The SMILES string of the molecule is O=C(/C=C/c1cnc(N=Nc2ccc(F)cc2)[nH]1)OCC1CCOC1. The first-order chi connectivity index (χ1) is 12.2. The molecule has 1 unspecified atom stereocenters. The van der Waals surface area contributed by atoms with E-state index >= 15 is 0 Å². The number of nitrogens with zero attached hydrogens (tertiary/aromatic N) is 3. The number of aromatic amines is 1. The molecule has 1 aromatic carbocycles. The number of esters is 1. The highest BCUT2D eigenvalue weighted by Crippen LogP contribution is 2.16. The van der Waals surface area contributed by atoms with Crippen LogP contribution in [0.1, 0.15) is 12.1 Å². The topological polar surface area (TPSA) is 88.9 Å². The number of hydrogen-bond acceptors (Lipinski definition) is 6. The summed E-state index contributed by atoms with van der Waals surface area (Å²) in [5.41, 5.74) is 1.10. The van der Waals surface area contributed by atoms with Crippen LogP contribution in [0.25, 0.3) is 6.08 Å². The van der Waals surface area contributed by atoms with Crippen molar-refractivity contribution in [3.05, 3.63) is 48.0 Å². The van der Waals surface area contributed by atoms with Crippen LogP contribution >= 0.6 is 0 Å². The lowest BCUT2D eigenvalue weighted by Crippen LogP contribution is -2.12. The van der Waals surface area contributed by atoms with Gasteiger partial charge in [-0.1, -0.05) is 0 Å². The van der Waals surface area contributed by atoms with Gasteiger partial charge in [0.15, 0.2) is 0 Å². The highest BCUT2D eigenvalue weighted by Gasteiger charge is 2.16. The van der Waals surface area contributed by atoms with Gasteiger partial charge in [-0.05, 0) is 36.8 Å². The largest absolute Gasteiger partial charge is 0.462 e. The molecule has 3 rings (SSSR count). The van der Waals surface area contributed by atoms with Crippen LogP contribution in [0, 0.1) is 11.7 Å². The first-order valence-electron chi connectivity index (χ1n) is 7.84. The summed E-state index contributed by atoms with van der Waals surface area (Å²) in [6, 6.07) is 5.61. The third-order valence-electron chi connectivity index (χ3n) is 3.55. The van der Waals surface area contributed by atoms with E-state index < -0.39 is 5.97 Å². The molecule has 0 saturated carbocycles. The number of halogens is 1. The molecular weight excluding hydrogens is 327 g/mol. The molecular formula is C17H17FN4O3. The number of carbonyl (C=O) groups excluding carboxylic acids is 1. The van der Waals surface area contributed by atoms with Gasteiger partial charge >= 0.3 is 5.97 Å². The molecule has 0 spiro atoms. The fourth-order valence-electron chi connectivity index (χ4n) is 2.19. The van der Waals surface area contributed by atoms with Gasteiger partial charge in [0.1, 0.15) is 5.82 Å². The van der Waals surface area contributed by atoms with Crippen molar-refractivity contribution in [1.82, 2.24) is 9.97 Å². The Morgan fingerprint density at radius 1 is 1.40 bits per heavy atom. The Hall–Kier alpha value is -2.87. The summed E-state index contributed by atoms with van der Waals surface area (Å²) in [7, 11) is 0. The highest BCUT2D eigenvalue weighted by molar-refractivity contribution is 5.86. The van der Waals surface area contributed by atoms with Gasteiger partial charge in [0, 0.05) is 18.6 Å². The molecule has 0 radical (unpaired) electrons. The Balaban J connectivity index is 1.50. The molecule has 2 aromatic rings. The molecule has 1 saturated heterocycles. The number of aromatic nitrogens is 2. The Bertz CT molecular complexity index is 764. The summed E-state index contributed by atoms with van der Waals surface area (Å²) in [6.07, 6.45) is 5.31. The number of rotatable bonds is 6. The average molecular weight is 344 g/mol. The maximum absolute atomic E-state index is 12.8. The van der Waals surface area contributed by atoms with Crippen LogP contribution in [-0.4, -0.2) is 35.8 Å². The lowest BCUT2D eigenvalue weighted by Gasteiger charge is -2.06. The fourth-order valence-corrected chi connectivity index (χ4v) is 2.19. The average Bonchev–Trinajstić information content (AvgIpc) is 3.29. The molecule has 2 heterocycles. The fraction of sp³-hybridized carbons (Fsp3) is 0.294. The van der Waals surface area contributed by atoms with Crippen molar-refractivity contribution >= 4 is 23.7 Å². The number of nitrogens with one attached hydrogen (secondary N) is 1. The van der Waals surface area contributed by atoms with E-state index in [1.807, 2.05) is 0 Å². The van der Waals surface area contributed by atoms with Crippen LogP contribution in [0.3, 0.4) is 0 Å². The van der Waals surface area contributed by atoms with Gasteiger partial charge in [-0.3, -0.25) is 0 Å². The second-order valence-corrected chi connectivity index (χ2v) is 5.53. The number of H-pyrrole nitrogens is 1. The van der Waals surface area contributed by atoms with Gasteiger partial charge < -0.3 is 14.5 Å². The molecule has 0 aliphatic carbocycles. The molecule has 0 bridgehead atoms. The minimum absolute atomic E-state index is 0.278. The summed E-state index contributed by atoms with van der Waals surface area (Å²) in [4.78, 5) is 18.6. The van der Waals surface area contributed by atoms with Crippen LogP contribution in [0.2, 0.25) is 0 Å². The number of ether oxygens (including phenoxy) is 2. The molecule has 130 valence electrons. The van der Waals surface area contributed by atoms with E-state index in [0.29, 0.717) is 24.6 Å². The number of carbonyl (C=O) groups is 1. The molecule has 1 aliphatic heterocycles. The maximum atomic E-state index is 12.8. The maximum Gasteiger partial charge on any atom is 0.330 e. The number of hydrogen-bond donors (Lipinski definition) is 1. The smallest absolute Gasteiger partial charge is 0.330 e. The Morgan fingerprint density at radius 3 is 3.00 bits per heavy atom. The Morgan fingerprint density at radius 2 is 2.24 bits per heavy atom. The van der Waals surface area contributed by atoms with Crippen molar-refractivity contribution in [3.63, 3.8) is 0 Å². The van der Waals surface area contributed by atoms with Crippen LogP contribution in [-0.2, 0) is 14.3 Å². The molecule has 1 aromatic heterocycles. The highest BCUT2D eigenvalue weighted by atomic mass is 19.1. The minimum Gasteiger partial charge on any atom is -0.462 e. The van der Waals surface area contributed by atoms with Gasteiger partial charge in [0.05, 0.1) is 30.8 Å². The summed E-state index contributed by atoms with van der Waals surface area (Å²) >= 11 is 0. The third-order valence-corrected chi connectivity index (χ3v) is 3.55. The van der Waals surface area contributed by atoms with Crippen molar-refractivity contribution in [2.75, 3.05) is 19.8 Å². The zero-order chi connectivity index (χ0) is 17.5. The van der Waals surface area contributed by atoms with Crippen molar-refractivity contribution in [3.8, 4) is 0 Å². The zero-order valence-electron chi connectivity index (χ0n) is 13.4. The quantitative estimate of drug-likeness (QED) is 0.493. The van der Waals surface area contributed by atoms with Gasteiger partial charge in [-0.25, -0.2) is 14.2 Å². The van der Waals surface area contributed by atoms with Crippen LogP contribution in [0.4, 0.5) is 16.0 Å². The van der Waals surface area contributed by atoms with Crippen molar-refractivity contribution in [2.24, 2.45) is 16.1 Å². The van der Waals surface area contributed by atoms with Crippen LogP contribution in [0.5, 0.6) is 0 Å². The summed E-state index contributed by atoms with van der Waals surface area (Å²) in [5.74, 6) is -0.198. The summed E-state index contributed by atoms with van der Waals surface area (Å²) in [5, 5.41) is 7.85. The van der Waals surface area contributed by atoms with E-state index in [2.05, 4.69) is 20.2 Å². The second-order valence-electron chi connectivity index (χ2n) is 5.53. The van der Waals surface area contributed by atoms with Gasteiger partial charge in [-0.15, -0.1) is 10.2 Å². The number of imidazole rings is 1. The monoisotopic (exact) mass is 344 g/mol. The Labute approximate surface area is 143 Å². The van der Waals surface area contributed by atoms with E-state index in [1.165, 1.54) is 36.5 Å². The lowest BCUT2D eigenvalue weighted by atomic mass is 10.1. The first-order valence-corrected chi connectivity index (χ1v) is 7.84. The Kier molecular flexibility index (Phi) is 5.63. The third kappa shape index (κ3) is 5.32. The first kappa shape index (κ1) is 17.0. The van der Waals surface area contributed by atoms with Crippen molar-refractivity contribution < 1.29 is 18.7 Å². The zero-order valence-corrected chi connectivity index (χ0v) is 13.4. The van der Waals surface area contributed by atoms with E-state index in [0.717, 1.165) is 13.0 Å². The van der Waals surface area contributed by atoms with Crippen LogP contribution in [0.15, 0.2) is 46.8 Å². The predicted molar refractivity (Wildman–Crippen MR) is 88.1 cm³/mol. The van der Waals surface area contributed by atoms with E-state index in [1.54, 1.807) is 6.08 Å². The van der Waals surface area contributed by atoms with Gasteiger partial charge in [0.25, 0.3) is 0 Å². The number of benzene rings is 1. The molecule has 1 fully saturated rings. The molecule has 8 heteroatoms. The van der Waals surface area contributed by atoms with E-state index in [4.69, 9.17) is 9.47 Å². The minimum atomic E-state index is -0.420. The van der Waals surface area contributed by atoms with Crippen molar-refractivity contribution in [2.45, 2.75) is 6.42 Å². The standard InChI is InChI=1S/C17H17FN4O3/c18-13-1-3-14(4-2-13)21-22-17-19-9-15(20-17)5-6-16(23)25-11-12-7-8-24-10-12/h1-6,9,12H,7-8,10-11H2,(H,19,20)/b6-5+,22-21?. The number of azo groups is 1. The predicted octanol–water partition coefficient (Wildman–Crippen LogP) is 3.56. The molecule has 1 aliphatic rings. The molecule has 7 nitrogen and oxygen atoms in total. The van der Waals surface area contributed by atoms with Crippen molar-refractivity contribution in [1.29, 1.82) is 0 Å². The van der Waals surface area contributed by atoms with E-state index in [-0.39, 0.29) is 17.7 Å². The van der Waals surface area contributed by atoms with Crippen LogP contribution < -0.4 is 0 Å². The summed E-state index contributed by atoms with van der Waals surface area (Å²) in [6.45, 7) is 1.73. The molecule has 25 heavy (non-hydrogen) atoms. The molecule has 0 amide bonds. The molecule has 1 atom stereocenters. The summed E-state index contributed by atoms with van der Waals surface area (Å²) < 4.78 is 23.2. The second kappa shape index (κ2) is 8.29. The normalized spacial score (nSPS) is 17.6. The van der Waals surface area contributed by atoms with Gasteiger partial charge in [0.2, 0.25) is 5.95 Å². The lowest BCUT2D eigenvalue weighted by molar-refractivity contribution is -0.139. The van der Waals surface area contributed by atoms with Gasteiger partial charge in [-0.2, -0.15) is 0 Å².